The summed E-state index contributed by atoms with van der Waals surface area (Å²) < 4.78 is 94.3. The average Bonchev–Trinajstić information content (AvgIpc) is 3.51. The van der Waals surface area contributed by atoms with Crippen molar-refractivity contribution >= 4 is 22.4 Å². The summed E-state index contributed by atoms with van der Waals surface area (Å²) in [6, 6.07) is 6.05. The van der Waals surface area contributed by atoms with Gasteiger partial charge in [0.2, 0.25) is 0 Å². The quantitative estimate of drug-likeness (QED) is 0.417. The number of benzene rings is 2. The zero-order valence-electron chi connectivity index (χ0n) is 16.6. The number of aromatic amines is 1. The van der Waals surface area contributed by atoms with Gasteiger partial charge >= 0.3 is 11.9 Å². The first kappa shape index (κ1) is 22.6. The maximum Gasteiger partial charge on any atom is 0.405 e. The van der Waals surface area contributed by atoms with Gasteiger partial charge in [0.1, 0.15) is 22.9 Å². The van der Waals surface area contributed by atoms with Gasteiger partial charge in [0.05, 0.1) is 12.1 Å². The van der Waals surface area contributed by atoms with Gasteiger partial charge in [-0.15, -0.1) is 0 Å². The van der Waals surface area contributed by atoms with Gasteiger partial charge in [-0.05, 0) is 49.2 Å². The van der Waals surface area contributed by atoms with E-state index >= 15 is 0 Å². The number of halogens is 7. The molecule has 2 aromatic carbocycles. The number of H-pyrrole nitrogens is 1. The lowest BCUT2D eigenvalue weighted by Crippen LogP contribution is -2.27. The second-order valence-corrected chi connectivity index (χ2v) is 7.59. The number of alkyl halides is 5. The Morgan fingerprint density at radius 2 is 1.82 bits per heavy atom. The van der Waals surface area contributed by atoms with E-state index in [0.717, 1.165) is 35.2 Å². The minimum absolute atomic E-state index is 0.0267. The van der Waals surface area contributed by atoms with Crippen LogP contribution in [0, 0.1) is 28.9 Å². The summed E-state index contributed by atoms with van der Waals surface area (Å²) in [4.78, 5) is 18.8. The largest absolute Gasteiger partial charge is 0.405 e. The van der Waals surface area contributed by atoms with Crippen LogP contribution in [-0.2, 0) is 0 Å². The molecule has 1 N–H and O–H groups in total. The molecule has 4 nitrogen and oxygen atoms in total. The van der Waals surface area contributed by atoms with E-state index in [1.54, 1.807) is 0 Å². The molecule has 0 unspecified atom stereocenters. The SMILES string of the molecule is O=c1nc(N(CC(F)F)c2cc(F)cc(C#CC3(C(F)(F)F)CC3)c2)c2cc(F)ccc2[nH]1. The van der Waals surface area contributed by atoms with E-state index < -0.39 is 41.9 Å². The maximum absolute atomic E-state index is 14.3. The Morgan fingerprint density at radius 1 is 1.09 bits per heavy atom. The maximum atomic E-state index is 14.3. The molecule has 0 atom stereocenters. The predicted molar refractivity (Wildman–Crippen MR) is 106 cm³/mol. The van der Waals surface area contributed by atoms with Gasteiger partial charge in [-0.2, -0.15) is 18.2 Å². The zero-order valence-corrected chi connectivity index (χ0v) is 16.6. The molecule has 1 saturated carbocycles. The first-order valence-electron chi connectivity index (χ1n) is 9.63. The average molecular weight is 469 g/mol. The number of rotatable bonds is 4. The van der Waals surface area contributed by atoms with Crippen molar-refractivity contribution in [2.75, 3.05) is 11.4 Å². The van der Waals surface area contributed by atoms with Gasteiger partial charge < -0.3 is 9.88 Å². The van der Waals surface area contributed by atoms with Crippen molar-refractivity contribution in [1.29, 1.82) is 0 Å². The van der Waals surface area contributed by atoms with Crippen LogP contribution < -0.4 is 10.6 Å². The Kier molecular flexibility index (Phi) is 5.56. The number of nitrogens with zero attached hydrogens (tertiary/aromatic N) is 2. The van der Waals surface area contributed by atoms with Crippen molar-refractivity contribution in [1.82, 2.24) is 9.97 Å². The van der Waals surface area contributed by atoms with Crippen molar-refractivity contribution in [2.24, 2.45) is 5.41 Å². The smallest absolute Gasteiger partial charge is 0.320 e. The molecule has 33 heavy (non-hydrogen) atoms. The van der Waals surface area contributed by atoms with Crippen molar-refractivity contribution < 1.29 is 30.7 Å². The summed E-state index contributed by atoms with van der Waals surface area (Å²) in [7, 11) is 0. The van der Waals surface area contributed by atoms with Gasteiger partial charge in [0.25, 0.3) is 6.43 Å². The third-order valence-electron chi connectivity index (χ3n) is 5.18. The van der Waals surface area contributed by atoms with Gasteiger partial charge in [-0.1, -0.05) is 11.8 Å². The Hall–Kier alpha value is -3.55. The van der Waals surface area contributed by atoms with E-state index in [-0.39, 0.29) is 40.8 Å². The van der Waals surface area contributed by atoms with E-state index in [4.69, 9.17) is 0 Å². The van der Waals surface area contributed by atoms with Crippen LogP contribution in [0.2, 0.25) is 0 Å². The predicted octanol–water partition coefficient (Wildman–Crippen LogP) is 5.30. The van der Waals surface area contributed by atoms with Crippen LogP contribution in [0.25, 0.3) is 10.9 Å². The minimum atomic E-state index is -4.55. The van der Waals surface area contributed by atoms with E-state index in [1.807, 2.05) is 0 Å². The minimum Gasteiger partial charge on any atom is -0.320 e. The van der Waals surface area contributed by atoms with Crippen molar-refractivity contribution in [3.63, 3.8) is 0 Å². The number of nitrogens with one attached hydrogen (secondary N) is 1. The zero-order chi connectivity index (χ0) is 24.0. The highest BCUT2D eigenvalue weighted by Crippen LogP contribution is 2.57. The molecule has 0 aliphatic heterocycles. The summed E-state index contributed by atoms with van der Waals surface area (Å²) in [6.45, 7) is -1.05. The Morgan fingerprint density at radius 3 is 2.45 bits per heavy atom. The monoisotopic (exact) mass is 469 g/mol. The summed E-state index contributed by atoms with van der Waals surface area (Å²) in [5.41, 5.74) is -3.40. The van der Waals surface area contributed by atoms with Crippen LogP contribution >= 0.6 is 0 Å². The van der Waals surface area contributed by atoms with Crippen LogP contribution in [0.3, 0.4) is 0 Å². The highest BCUT2D eigenvalue weighted by Gasteiger charge is 2.62. The highest BCUT2D eigenvalue weighted by atomic mass is 19.4. The van der Waals surface area contributed by atoms with Gasteiger partial charge in [-0.3, -0.25) is 0 Å². The first-order valence-corrected chi connectivity index (χ1v) is 9.63. The van der Waals surface area contributed by atoms with Crippen molar-refractivity contribution in [3.05, 3.63) is 64.1 Å². The van der Waals surface area contributed by atoms with E-state index in [2.05, 4.69) is 21.8 Å². The summed E-state index contributed by atoms with van der Waals surface area (Å²) in [6.07, 6.45) is -7.89. The van der Waals surface area contributed by atoms with Gasteiger partial charge in [0.15, 0.2) is 0 Å². The molecule has 1 heterocycles. The van der Waals surface area contributed by atoms with E-state index in [1.165, 1.54) is 6.07 Å². The molecule has 0 saturated heterocycles. The Balaban J connectivity index is 1.85. The normalized spacial score (nSPS) is 14.8. The third kappa shape index (κ3) is 4.65. The molecule has 0 spiro atoms. The molecule has 1 fully saturated rings. The fraction of sp³-hybridized carbons (Fsp3) is 0.273. The fourth-order valence-electron chi connectivity index (χ4n) is 3.37. The topological polar surface area (TPSA) is 49.0 Å². The van der Waals surface area contributed by atoms with Crippen LogP contribution in [0.1, 0.15) is 18.4 Å². The van der Waals surface area contributed by atoms with Crippen LogP contribution in [0.4, 0.5) is 42.2 Å². The standard InChI is InChI=1S/C22H14F7N3O/c23-13-1-2-17-16(10-13)19(31-20(33)30-17)32(11-18(25)26)15-8-12(7-14(24)9-15)3-4-21(5-6-21)22(27,28)29/h1-2,7-10,18H,5-6,11H2,(H,30,31,33). The van der Waals surface area contributed by atoms with Crippen LogP contribution in [0.15, 0.2) is 41.2 Å². The summed E-state index contributed by atoms with van der Waals surface area (Å²) >= 11 is 0. The molecule has 4 rings (SSSR count). The third-order valence-corrected chi connectivity index (χ3v) is 5.18. The molecule has 0 radical (unpaired) electrons. The number of anilines is 2. The number of aromatic nitrogens is 2. The highest BCUT2D eigenvalue weighted by molar-refractivity contribution is 5.91. The second kappa shape index (κ2) is 8.10. The number of fused-ring (bicyclic) bond motifs is 1. The molecule has 1 aliphatic rings. The first-order chi connectivity index (χ1) is 15.5. The van der Waals surface area contributed by atoms with E-state index in [0.29, 0.717) is 0 Å². The lowest BCUT2D eigenvalue weighted by Gasteiger charge is -2.25. The van der Waals surface area contributed by atoms with Crippen molar-refractivity contribution in [2.45, 2.75) is 25.4 Å². The van der Waals surface area contributed by atoms with E-state index in [9.17, 15) is 35.5 Å². The van der Waals surface area contributed by atoms with Gasteiger partial charge in [0, 0.05) is 16.6 Å². The number of hydrogen-bond acceptors (Lipinski definition) is 3. The molecule has 0 bridgehead atoms. The lowest BCUT2D eigenvalue weighted by molar-refractivity contribution is -0.168. The molecular weight excluding hydrogens is 455 g/mol. The summed E-state index contributed by atoms with van der Waals surface area (Å²) in [5.74, 6) is 2.34. The van der Waals surface area contributed by atoms with Crippen LogP contribution in [-0.4, -0.2) is 29.1 Å². The molecule has 0 amide bonds. The second-order valence-electron chi connectivity index (χ2n) is 7.59. The van der Waals surface area contributed by atoms with Crippen molar-refractivity contribution in [3.8, 4) is 11.8 Å². The number of hydrogen-bond donors (Lipinski definition) is 1. The molecule has 1 aromatic heterocycles. The molecule has 172 valence electrons. The Labute approximate surface area is 182 Å². The Bertz CT molecular complexity index is 1330. The molecule has 1 aliphatic carbocycles. The molecule has 11 heteroatoms. The fourth-order valence-corrected chi connectivity index (χ4v) is 3.37. The lowest BCUT2D eigenvalue weighted by atomic mass is 10.1. The molecule has 3 aromatic rings. The van der Waals surface area contributed by atoms with Crippen LogP contribution in [0.5, 0.6) is 0 Å². The molecular formula is C22H14F7N3O. The summed E-state index contributed by atoms with van der Waals surface area (Å²) in [5, 5.41) is -0.0267. The van der Waals surface area contributed by atoms with Gasteiger partial charge in [-0.25, -0.2) is 22.4 Å².